The third kappa shape index (κ3) is 3.26. The molecule has 0 bridgehead atoms. The van der Waals surface area contributed by atoms with E-state index in [1.54, 1.807) is 7.11 Å². The Morgan fingerprint density at radius 3 is 2.43 bits per heavy atom. The second-order valence-corrected chi connectivity index (χ2v) is 7.39. The number of rotatable bonds is 5. The molecule has 0 saturated carbocycles. The lowest BCUT2D eigenvalue weighted by molar-refractivity contribution is -0.0190. The van der Waals surface area contributed by atoms with Crippen molar-refractivity contribution in [2.45, 2.75) is 25.6 Å². The molecule has 0 fully saturated rings. The molecule has 2 aliphatic heterocycles. The summed E-state index contributed by atoms with van der Waals surface area (Å²) in [5, 5.41) is 7.10. The van der Waals surface area contributed by atoms with Crippen molar-refractivity contribution in [2.75, 3.05) is 13.7 Å². The zero-order valence-electron chi connectivity index (χ0n) is 17.1. The largest absolute Gasteiger partial charge is 0.497 e. The highest BCUT2D eigenvalue weighted by Gasteiger charge is 2.40. The number of ether oxygens (including phenoxy) is 3. The van der Waals surface area contributed by atoms with Gasteiger partial charge in [-0.1, -0.05) is 18.2 Å². The molecule has 3 aromatic rings. The Labute approximate surface area is 176 Å². The van der Waals surface area contributed by atoms with E-state index in [2.05, 4.69) is 29.3 Å². The molecule has 2 heterocycles. The molecule has 0 radical (unpaired) electrons. The molecular weight excluding hydrogens is 376 g/mol. The van der Waals surface area contributed by atoms with Crippen LogP contribution in [0.1, 0.15) is 42.3 Å². The van der Waals surface area contributed by atoms with Gasteiger partial charge in [0.2, 0.25) is 6.23 Å². The smallest absolute Gasteiger partial charge is 0.213 e. The van der Waals surface area contributed by atoms with Gasteiger partial charge in [-0.25, -0.2) is 5.01 Å². The van der Waals surface area contributed by atoms with E-state index in [1.807, 2.05) is 55.5 Å². The molecule has 0 aromatic heterocycles. The second kappa shape index (κ2) is 7.75. The van der Waals surface area contributed by atoms with E-state index in [1.165, 1.54) is 5.56 Å². The Kier molecular flexibility index (Phi) is 4.79. The van der Waals surface area contributed by atoms with Crippen molar-refractivity contribution in [1.29, 1.82) is 0 Å². The normalized spacial score (nSPS) is 19.4. The average Bonchev–Trinajstić information content (AvgIpc) is 3.25. The summed E-state index contributed by atoms with van der Waals surface area (Å²) in [6, 6.07) is 24.6. The first-order chi connectivity index (χ1) is 14.8. The van der Waals surface area contributed by atoms with E-state index >= 15 is 0 Å². The zero-order chi connectivity index (χ0) is 20.5. The molecule has 0 amide bonds. The minimum absolute atomic E-state index is 0.142. The zero-order valence-corrected chi connectivity index (χ0v) is 17.1. The third-order valence-corrected chi connectivity index (χ3v) is 5.60. The van der Waals surface area contributed by atoms with Crippen molar-refractivity contribution in [3.63, 3.8) is 0 Å². The molecule has 0 N–H and O–H groups in total. The quantitative estimate of drug-likeness (QED) is 0.580. The van der Waals surface area contributed by atoms with Gasteiger partial charge in [0, 0.05) is 17.5 Å². The van der Waals surface area contributed by atoms with Gasteiger partial charge in [-0.3, -0.25) is 0 Å². The summed E-state index contributed by atoms with van der Waals surface area (Å²) in [6.45, 7) is 2.65. The first kappa shape index (κ1) is 18.6. The molecule has 0 unspecified atom stereocenters. The van der Waals surface area contributed by atoms with Gasteiger partial charge in [-0.05, 0) is 67.1 Å². The molecule has 2 atom stereocenters. The van der Waals surface area contributed by atoms with Crippen molar-refractivity contribution in [3.8, 4) is 17.2 Å². The molecule has 2 aliphatic rings. The number of methoxy groups -OCH3 is 1. The molecule has 5 rings (SSSR count). The van der Waals surface area contributed by atoms with Crippen LogP contribution in [0.2, 0.25) is 0 Å². The van der Waals surface area contributed by atoms with Crippen molar-refractivity contribution < 1.29 is 14.2 Å². The summed E-state index contributed by atoms with van der Waals surface area (Å²) in [4.78, 5) is 0. The fraction of sp³-hybridized carbons (Fsp3) is 0.240. The van der Waals surface area contributed by atoms with Gasteiger partial charge >= 0.3 is 0 Å². The lowest BCUT2D eigenvalue weighted by atomic mass is 9.96. The molecular formula is C25H24N2O3. The second-order valence-electron chi connectivity index (χ2n) is 7.39. The van der Waals surface area contributed by atoms with Gasteiger partial charge in [-0.2, -0.15) is 5.10 Å². The molecule has 0 saturated heterocycles. The standard InChI is InChI=1S/C25H24N2O3/c1-3-29-20-14-8-17(9-15-20)22-16-23-21-6-4-5-7-24(21)30-25(27(23)26-22)18-10-12-19(28-2)13-11-18/h4-15,23,25H,3,16H2,1-2H3/t23-,25+/m1/s1. The number of benzene rings is 3. The maximum absolute atomic E-state index is 6.40. The van der Waals surface area contributed by atoms with Crippen LogP contribution in [0.3, 0.4) is 0 Å². The molecule has 30 heavy (non-hydrogen) atoms. The van der Waals surface area contributed by atoms with Gasteiger partial charge < -0.3 is 14.2 Å². The van der Waals surface area contributed by atoms with Crippen molar-refractivity contribution in [3.05, 3.63) is 89.5 Å². The van der Waals surface area contributed by atoms with Gasteiger partial charge in [0.1, 0.15) is 17.2 Å². The van der Waals surface area contributed by atoms with Crippen LogP contribution in [0.25, 0.3) is 0 Å². The van der Waals surface area contributed by atoms with Crippen LogP contribution in [0.5, 0.6) is 17.2 Å². The van der Waals surface area contributed by atoms with Crippen LogP contribution < -0.4 is 14.2 Å². The molecule has 0 aliphatic carbocycles. The maximum Gasteiger partial charge on any atom is 0.213 e. The van der Waals surface area contributed by atoms with Gasteiger partial charge in [0.05, 0.1) is 25.5 Å². The van der Waals surface area contributed by atoms with Crippen LogP contribution >= 0.6 is 0 Å². The van der Waals surface area contributed by atoms with Crippen LogP contribution in [-0.2, 0) is 0 Å². The number of hydrazone groups is 1. The number of para-hydroxylation sites is 1. The van der Waals surface area contributed by atoms with Gasteiger partial charge in [-0.15, -0.1) is 0 Å². The Morgan fingerprint density at radius 2 is 1.70 bits per heavy atom. The number of hydrogen-bond acceptors (Lipinski definition) is 5. The minimum Gasteiger partial charge on any atom is -0.497 e. The fourth-order valence-corrected chi connectivity index (χ4v) is 4.11. The van der Waals surface area contributed by atoms with E-state index in [0.29, 0.717) is 6.61 Å². The molecule has 5 heteroatoms. The third-order valence-electron chi connectivity index (χ3n) is 5.60. The van der Waals surface area contributed by atoms with Crippen molar-refractivity contribution >= 4 is 5.71 Å². The molecule has 152 valence electrons. The summed E-state index contributed by atoms with van der Waals surface area (Å²) in [5.74, 6) is 2.62. The van der Waals surface area contributed by atoms with E-state index < -0.39 is 0 Å². The van der Waals surface area contributed by atoms with Gasteiger partial charge in [0.15, 0.2) is 0 Å². The van der Waals surface area contributed by atoms with E-state index in [-0.39, 0.29) is 12.3 Å². The van der Waals surface area contributed by atoms with Crippen molar-refractivity contribution in [1.82, 2.24) is 5.01 Å². The Balaban J connectivity index is 1.51. The predicted molar refractivity (Wildman–Crippen MR) is 116 cm³/mol. The minimum atomic E-state index is -0.281. The summed E-state index contributed by atoms with van der Waals surface area (Å²) >= 11 is 0. The summed E-state index contributed by atoms with van der Waals surface area (Å²) in [7, 11) is 1.67. The predicted octanol–water partition coefficient (Wildman–Crippen LogP) is 5.34. The van der Waals surface area contributed by atoms with Gasteiger partial charge in [0.25, 0.3) is 0 Å². The SMILES string of the molecule is CCOc1ccc(C2=NN3[C@H](C2)c2ccccc2O[C@H]3c2ccc(OC)cc2)cc1. The molecule has 3 aromatic carbocycles. The Bertz CT molecular complexity index is 1060. The lowest BCUT2D eigenvalue weighted by Crippen LogP contribution is -2.33. The maximum atomic E-state index is 6.40. The topological polar surface area (TPSA) is 43.3 Å². The summed E-state index contributed by atoms with van der Waals surface area (Å²) < 4.78 is 17.3. The van der Waals surface area contributed by atoms with Crippen LogP contribution in [0.15, 0.2) is 77.9 Å². The lowest BCUT2D eigenvalue weighted by Gasteiger charge is -2.38. The number of nitrogens with zero attached hydrogens (tertiary/aromatic N) is 2. The highest BCUT2D eigenvalue weighted by Crippen LogP contribution is 2.47. The highest BCUT2D eigenvalue weighted by atomic mass is 16.5. The van der Waals surface area contributed by atoms with E-state index in [4.69, 9.17) is 19.3 Å². The summed E-state index contributed by atoms with van der Waals surface area (Å²) in [5.41, 5.74) is 4.39. The Hall–Kier alpha value is -3.47. The molecule has 0 spiro atoms. The first-order valence-electron chi connectivity index (χ1n) is 10.3. The highest BCUT2D eigenvalue weighted by molar-refractivity contribution is 6.02. The number of fused-ring (bicyclic) bond motifs is 3. The van der Waals surface area contributed by atoms with Crippen LogP contribution in [-0.4, -0.2) is 24.4 Å². The van der Waals surface area contributed by atoms with Crippen molar-refractivity contribution in [2.24, 2.45) is 5.10 Å². The monoisotopic (exact) mass is 400 g/mol. The first-order valence-corrected chi connectivity index (χ1v) is 10.3. The molecule has 5 nitrogen and oxygen atoms in total. The Morgan fingerprint density at radius 1 is 0.967 bits per heavy atom. The fourth-order valence-electron chi connectivity index (χ4n) is 4.11. The number of hydrogen-bond donors (Lipinski definition) is 0. The van der Waals surface area contributed by atoms with E-state index in [0.717, 1.165) is 40.5 Å². The van der Waals surface area contributed by atoms with Crippen LogP contribution in [0, 0.1) is 0 Å². The average molecular weight is 400 g/mol. The summed E-state index contributed by atoms with van der Waals surface area (Å²) in [6.07, 6.45) is 0.553. The van der Waals surface area contributed by atoms with E-state index in [9.17, 15) is 0 Å². The van der Waals surface area contributed by atoms with Crippen LogP contribution in [0.4, 0.5) is 0 Å².